The van der Waals surface area contributed by atoms with Crippen LogP contribution in [-0.2, 0) is 11.0 Å². The van der Waals surface area contributed by atoms with Crippen LogP contribution in [0.1, 0.15) is 42.7 Å². The molecule has 1 saturated heterocycles. The Kier molecular flexibility index (Phi) is 4.33. The van der Waals surface area contributed by atoms with Crippen molar-refractivity contribution < 1.29 is 22.8 Å². The summed E-state index contributed by atoms with van der Waals surface area (Å²) in [6.07, 6.45) is -1.45. The van der Waals surface area contributed by atoms with Crippen molar-refractivity contribution in [2.75, 3.05) is 13.1 Å². The molecular weight excluding hydrogens is 361 g/mol. The first-order valence-electron chi connectivity index (χ1n) is 8.34. The van der Waals surface area contributed by atoms with Crippen molar-refractivity contribution in [3.63, 3.8) is 0 Å². The summed E-state index contributed by atoms with van der Waals surface area (Å²) < 4.78 is 38.5. The highest BCUT2D eigenvalue weighted by molar-refractivity contribution is 6.03. The Labute approximate surface area is 153 Å². The number of aromatic nitrogens is 2. The standard InChI is InChI=1S/C18H17F3N4O2/c1-16(2)9-17(6-11(7-22)14(16)26)3-4-25(10-17)15(27)13-5-12(8-23-24-13)18(19,20)21/h5-6,8H,3-4,9-10H2,1-2H3/t17-/m0/s1. The molecule has 6 nitrogen and oxygen atoms in total. The molecule has 1 atom stereocenters. The Balaban J connectivity index is 1.86. The topological polar surface area (TPSA) is 87.0 Å². The molecular formula is C18H17F3N4O2. The molecule has 1 aromatic heterocycles. The number of carbonyl (C=O) groups is 2. The molecule has 2 aliphatic rings. The molecule has 1 spiro atoms. The fourth-order valence-corrected chi connectivity index (χ4v) is 3.95. The van der Waals surface area contributed by atoms with E-state index in [0.29, 0.717) is 31.6 Å². The highest BCUT2D eigenvalue weighted by atomic mass is 19.4. The van der Waals surface area contributed by atoms with Crippen LogP contribution < -0.4 is 0 Å². The van der Waals surface area contributed by atoms with Crippen molar-refractivity contribution in [1.82, 2.24) is 15.1 Å². The van der Waals surface area contributed by atoms with E-state index in [9.17, 15) is 28.0 Å². The molecule has 1 amide bonds. The van der Waals surface area contributed by atoms with Gasteiger partial charge in [-0.2, -0.15) is 23.5 Å². The first-order chi connectivity index (χ1) is 12.5. The zero-order valence-electron chi connectivity index (χ0n) is 14.8. The molecule has 27 heavy (non-hydrogen) atoms. The zero-order valence-corrected chi connectivity index (χ0v) is 14.8. The largest absolute Gasteiger partial charge is 0.418 e. The lowest BCUT2D eigenvalue weighted by atomic mass is 9.64. The second-order valence-electron chi connectivity index (χ2n) is 7.73. The Morgan fingerprint density at radius 2 is 2.07 bits per heavy atom. The van der Waals surface area contributed by atoms with Crippen LogP contribution in [0.3, 0.4) is 0 Å². The maximum Gasteiger partial charge on any atom is 0.418 e. The smallest absolute Gasteiger partial charge is 0.336 e. The fraction of sp³-hybridized carbons (Fsp3) is 0.500. The number of hydrogen-bond donors (Lipinski definition) is 0. The zero-order chi connectivity index (χ0) is 20.0. The van der Waals surface area contributed by atoms with Gasteiger partial charge < -0.3 is 4.90 Å². The summed E-state index contributed by atoms with van der Waals surface area (Å²) in [6.45, 7) is 4.02. The summed E-state index contributed by atoms with van der Waals surface area (Å²) in [5.74, 6) is -0.878. The average molecular weight is 378 g/mol. The van der Waals surface area contributed by atoms with E-state index in [1.165, 1.54) is 4.90 Å². The first-order valence-corrected chi connectivity index (χ1v) is 8.34. The van der Waals surface area contributed by atoms with Gasteiger partial charge in [-0.15, -0.1) is 5.10 Å². The summed E-state index contributed by atoms with van der Waals surface area (Å²) in [5, 5.41) is 16.1. The number of nitrogens with zero attached hydrogens (tertiary/aromatic N) is 4. The van der Waals surface area contributed by atoms with Crippen LogP contribution in [0.15, 0.2) is 23.9 Å². The van der Waals surface area contributed by atoms with E-state index in [0.717, 1.165) is 0 Å². The molecule has 1 aliphatic carbocycles. The Morgan fingerprint density at radius 1 is 1.37 bits per heavy atom. The second kappa shape index (κ2) is 6.15. The maximum atomic E-state index is 12.8. The molecule has 0 aromatic carbocycles. The Hall–Kier alpha value is -2.76. The number of Topliss-reactive ketones (excluding diaryl/α,β-unsaturated/α-hetero) is 1. The number of ketones is 1. The van der Waals surface area contributed by atoms with Crippen molar-refractivity contribution in [3.8, 4) is 6.07 Å². The fourth-order valence-electron chi connectivity index (χ4n) is 3.95. The van der Waals surface area contributed by atoms with Gasteiger partial charge in [0.15, 0.2) is 11.5 Å². The maximum absolute atomic E-state index is 12.8. The van der Waals surface area contributed by atoms with E-state index in [1.54, 1.807) is 19.9 Å². The molecule has 1 aromatic rings. The van der Waals surface area contributed by atoms with Crippen molar-refractivity contribution in [3.05, 3.63) is 35.2 Å². The summed E-state index contributed by atoms with van der Waals surface area (Å²) >= 11 is 0. The van der Waals surface area contributed by atoms with Gasteiger partial charge in [0.05, 0.1) is 17.3 Å². The monoisotopic (exact) mass is 378 g/mol. The van der Waals surface area contributed by atoms with E-state index in [1.807, 2.05) is 6.07 Å². The van der Waals surface area contributed by atoms with Crippen LogP contribution in [0, 0.1) is 22.2 Å². The molecule has 0 bridgehead atoms. The number of hydrogen-bond acceptors (Lipinski definition) is 5. The highest BCUT2D eigenvalue weighted by Gasteiger charge is 2.49. The average Bonchev–Trinajstić information content (AvgIpc) is 2.99. The predicted octanol–water partition coefficient (Wildman–Crippen LogP) is 2.78. The molecule has 3 rings (SSSR count). The van der Waals surface area contributed by atoms with Crippen LogP contribution in [0.25, 0.3) is 0 Å². The minimum absolute atomic E-state index is 0.0689. The summed E-state index contributed by atoms with van der Waals surface area (Å²) in [6, 6.07) is 2.61. The normalized spacial score (nSPS) is 24.7. The van der Waals surface area contributed by atoms with E-state index in [2.05, 4.69) is 10.2 Å². The molecule has 0 saturated carbocycles. The minimum atomic E-state index is -4.62. The summed E-state index contributed by atoms with van der Waals surface area (Å²) in [7, 11) is 0. The third kappa shape index (κ3) is 3.44. The lowest BCUT2D eigenvalue weighted by molar-refractivity contribution is -0.138. The minimum Gasteiger partial charge on any atom is -0.336 e. The summed E-state index contributed by atoms with van der Waals surface area (Å²) in [5.41, 5.74) is -2.63. The van der Waals surface area contributed by atoms with Gasteiger partial charge >= 0.3 is 6.18 Å². The molecule has 142 valence electrons. The van der Waals surface area contributed by atoms with E-state index < -0.39 is 28.5 Å². The van der Waals surface area contributed by atoms with E-state index in [4.69, 9.17) is 0 Å². The molecule has 0 unspecified atom stereocenters. The van der Waals surface area contributed by atoms with Crippen LogP contribution in [0.4, 0.5) is 13.2 Å². The number of alkyl halides is 3. The van der Waals surface area contributed by atoms with Crippen LogP contribution in [0.5, 0.6) is 0 Å². The van der Waals surface area contributed by atoms with Gasteiger partial charge in [0.2, 0.25) is 0 Å². The van der Waals surface area contributed by atoms with Gasteiger partial charge in [0.1, 0.15) is 6.07 Å². The first kappa shape index (κ1) is 19.0. The van der Waals surface area contributed by atoms with Gasteiger partial charge in [0.25, 0.3) is 5.91 Å². The van der Waals surface area contributed by atoms with Crippen molar-refractivity contribution >= 4 is 11.7 Å². The SMILES string of the molecule is CC1(C)C[C@@]2(C=C(C#N)C1=O)CCN(C(=O)c1cc(C(F)(F)F)cnn1)C2. The van der Waals surface area contributed by atoms with Crippen molar-refractivity contribution in [1.29, 1.82) is 5.26 Å². The van der Waals surface area contributed by atoms with Gasteiger partial charge in [-0.05, 0) is 18.9 Å². The van der Waals surface area contributed by atoms with Crippen molar-refractivity contribution in [2.24, 2.45) is 10.8 Å². The van der Waals surface area contributed by atoms with Crippen molar-refractivity contribution in [2.45, 2.75) is 32.9 Å². The number of halogens is 3. The van der Waals surface area contributed by atoms with Crippen LogP contribution >= 0.6 is 0 Å². The summed E-state index contributed by atoms with van der Waals surface area (Å²) in [4.78, 5) is 26.3. The third-order valence-corrected chi connectivity index (χ3v) is 5.10. The second-order valence-corrected chi connectivity index (χ2v) is 7.73. The lowest BCUT2D eigenvalue weighted by Gasteiger charge is -2.38. The number of likely N-dealkylation sites (tertiary alicyclic amines) is 1. The van der Waals surface area contributed by atoms with Gasteiger partial charge in [-0.25, -0.2) is 0 Å². The number of amides is 1. The van der Waals surface area contributed by atoms with E-state index >= 15 is 0 Å². The van der Waals surface area contributed by atoms with Gasteiger partial charge in [0, 0.05) is 23.9 Å². The molecule has 1 fully saturated rings. The predicted molar refractivity (Wildman–Crippen MR) is 87.1 cm³/mol. The van der Waals surface area contributed by atoms with E-state index in [-0.39, 0.29) is 23.6 Å². The van der Waals surface area contributed by atoms with Crippen LogP contribution in [0.2, 0.25) is 0 Å². The Bertz CT molecular complexity index is 885. The molecule has 1 aliphatic heterocycles. The highest BCUT2D eigenvalue weighted by Crippen LogP contribution is 2.48. The number of allylic oxidation sites excluding steroid dienone is 1. The lowest BCUT2D eigenvalue weighted by Crippen LogP contribution is -2.41. The van der Waals surface area contributed by atoms with Crippen LogP contribution in [-0.4, -0.2) is 39.9 Å². The number of rotatable bonds is 1. The molecule has 9 heteroatoms. The number of carbonyl (C=O) groups excluding carboxylic acids is 2. The molecule has 0 N–H and O–H groups in total. The Morgan fingerprint density at radius 3 is 2.70 bits per heavy atom. The third-order valence-electron chi connectivity index (χ3n) is 5.10. The van der Waals surface area contributed by atoms with Gasteiger partial charge in [-0.1, -0.05) is 19.9 Å². The van der Waals surface area contributed by atoms with Gasteiger partial charge in [-0.3, -0.25) is 9.59 Å². The number of nitriles is 1. The molecule has 0 radical (unpaired) electrons. The quantitative estimate of drug-likeness (QED) is 0.750. The molecule has 2 heterocycles.